The Morgan fingerprint density at radius 3 is 2.40 bits per heavy atom. The van der Waals surface area contributed by atoms with Crippen LogP contribution in [0.5, 0.6) is 5.75 Å². The fraction of sp³-hybridized carbons (Fsp3) is 0.167. The standard InChI is InChI=1S/C18H18N2O5/c1-11-8-9-15(21)14(10-11)18(24)25-12(2)16(22)19-20-17(23)13-6-4-3-5-7-13/h3-10,12,21H,1-2H3,(H,19,22)(H,20,23)/t12-/m1/s1. The second-order valence-corrected chi connectivity index (χ2v) is 5.38. The first kappa shape index (κ1) is 18.0. The Labute approximate surface area is 144 Å². The number of hydrazine groups is 1. The van der Waals surface area contributed by atoms with Crippen molar-refractivity contribution in [3.05, 3.63) is 65.2 Å². The molecule has 0 aliphatic heterocycles. The lowest BCUT2D eigenvalue weighted by Gasteiger charge is -2.14. The van der Waals surface area contributed by atoms with Crippen LogP contribution in [0.15, 0.2) is 48.5 Å². The minimum atomic E-state index is -1.16. The van der Waals surface area contributed by atoms with Crippen LogP contribution in [0.25, 0.3) is 0 Å². The van der Waals surface area contributed by atoms with Gasteiger partial charge in [-0.05, 0) is 38.1 Å². The fourth-order valence-corrected chi connectivity index (χ4v) is 1.97. The maximum absolute atomic E-state index is 12.0. The molecule has 2 rings (SSSR count). The Kier molecular flexibility index (Phi) is 5.73. The zero-order chi connectivity index (χ0) is 18.4. The van der Waals surface area contributed by atoms with Crippen molar-refractivity contribution in [2.24, 2.45) is 0 Å². The van der Waals surface area contributed by atoms with Gasteiger partial charge in [-0.15, -0.1) is 0 Å². The van der Waals surface area contributed by atoms with Crippen LogP contribution in [-0.2, 0) is 9.53 Å². The summed E-state index contributed by atoms with van der Waals surface area (Å²) in [5, 5.41) is 9.70. The number of hydrogen-bond donors (Lipinski definition) is 3. The van der Waals surface area contributed by atoms with Crippen molar-refractivity contribution >= 4 is 17.8 Å². The van der Waals surface area contributed by atoms with Gasteiger partial charge in [0.15, 0.2) is 6.10 Å². The maximum atomic E-state index is 12.0. The van der Waals surface area contributed by atoms with E-state index in [1.54, 1.807) is 43.3 Å². The zero-order valence-corrected chi connectivity index (χ0v) is 13.8. The molecule has 0 heterocycles. The van der Waals surface area contributed by atoms with E-state index in [2.05, 4.69) is 10.9 Å². The molecule has 2 aromatic carbocycles. The van der Waals surface area contributed by atoms with Crippen molar-refractivity contribution < 1.29 is 24.2 Å². The molecular weight excluding hydrogens is 324 g/mol. The van der Waals surface area contributed by atoms with E-state index in [4.69, 9.17) is 4.74 Å². The van der Waals surface area contributed by atoms with E-state index in [0.29, 0.717) is 5.56 Å². The highest BCUT2D eigenvalue weighted by molar-refractivity contribution is 5.97. The van der Waals surface area contributed by atoms with Crippen LogP contribution in [-0.4, -0.2) is 29.0 Å². The Hall–Kier alpha value is -3.35. The molecule has 0 aromatic heterocycles. The van der Waals surface area contributed by atoms with Gasteiger partial charge in [0.2, 0.25) is 0 Å². The molecule has 0 spiro atoms. The molecule has 0 radical (unpaired) electrons. The highest BCUT2D eigenvalue weighted by Gasteiger charge is 2.21. The average Bonchev–Trinajstić information content (AvgIpc) is 2.61. The lowest BCUT2D eigenvalue weighted by molar-refractivity contribution is -0.129. The third kappa shape index (κ3) is 4.81. The molecule has 0 saturated heterocycles. The predicted octanol–water partition coefficient (Wildman–Crippen LogP) is 1.71. The van der Waals surface area contributed by atoms with Crippen LogP contribution >= 0.6 is 0 Å². The van der Waals surface area contributed by atoms with Crippen molar-refractivity contribution in [1.29, 1.82) is 0 Å². The van der Waals surface area contributed by atoms with Crippen molar-refractivity contribution in [2.75, 3.05) is 0 Å². The molecule has 0 unspecified atom stereocenters. The molecule has 7 heteroatoms. The van der Waals surface area contributed by atoms with Crippen molar-refractivity contribution in [2.45, 2.75) is 20.0 Å². The predicted molar refractivity (Wildman–Crippen MR) is 89.8 cm³/mol. The fourth-order valence-electron chi connectivity index (χ4n) is 1.97. The smallest absolute Gasteiger partial charge is 0.342 e. The molecule has 0 aliphatic rings. The number of carbonyl (C=O) groups excluding carboxylic acids is 3. The van der Waals surface area contributed by atoms with E-state index in [0.717, 1.165) is 5.56 Å². The normalized spacial score (nSPS) is 11.3. The molecule has 0 fully saturated rings. The molecule has 2 amide bonds. The second-order valence-electron chi connectivity index (χ2n) is 5.38. The molecule has 130 valence electrons. The first-order chi connectivity index (χ1) is 11.9. The van der Waals surface area contributed by atoms with Crippen LogP contribution in [0.1, 0.15) is 33.2 Å². The van der Waals surface area contributed by atoms with Crippen molar-refractivity contribution in [3.8, 4) is 5.75 Å². The number of hydrogen-bond acceptors (Lipinski definition) is 5. The summed E-state index contributed by atoms with van der Waals surface area (Å²) in [6, 6.07) is 12.8. The number of esters is 1. The highest BCUT2D eigenvalue weighted by atomic mass is 16.5. The van der Waals surface area contributed by atoms with Gasteiger partial charge < -0.3 is 9.84 Å². The van der Waals surface area contributed by atoms with E-state index in [9.17, 15) is 19.5 Å². The van der Waals surface area contributed by atoms with E-state index in [1.807, 2.05) is 0 Å². The number of aromatic hydroxyl groups is 1. The van der Waals surface area contributed by atoms with Crippen LogP contribution in [0.2, 0.25) is 0 Å². The minimum Gasteiger partial charge on any atom is -0.507 e. The SMILES string of the molecule is Cc1ccc(O)c(C(=O)O[C@H](C)C(=O)NNC(=O)c2ccccc2)c1. The third-order valence-electron chi connectivity index (χ3n) is 3.36. The van der Waals surface area contributed by atoms with Crippen LogP contribution in [0.4, 0.5) is 0 Å². The highest BCUT2D eigenvalue weighted by Crippen LogP contribution is 2.19. The summed E-state index contributed by atoms with van der Waals surface area (Å²) in [6.45, 7) is 3.11. The average molecular weight is 342 g/mol. The van der Waals surface area contributed by atoms with Gasteiger partial charge in [-0.3, -0.25) is 20.4 Å². The summed E-state index contributed by atoms with van der Waals surface area (Å²) in [6.07, 6.45) is -1.16. The number of phenols is 1. The molecule has 0 bridgehead atoms. The van der Waals surface area contributed by atoms with E-state index >= 15 is 0 Å². The molecule has 25 heavy (non-hydrogen) atoms. The molecule has 2 aromatic rings. The Morgan fingerprint density at radius 2 is 1.72 bits per heavy atom. The van der Waals surface area contributed by atoms with Gasteiger partial charge in [0.25, 0.3) is 11.8 Å². The summed E-state index contributed by atoms with van der Waals surface area (Å²) in [5.74, 6) is -2.27. The number of ether oxygens (including phenoxy) is 1. The van der Waals surface area contributed by atoms with E-state index < -0.39 is 23.9 Å². The number of amides is 2. The maximum Gasteiger partial charge on any atom is 0.342 e. The molecule has 3 N–H and O–H groups in total. The van der Waals surface area contributed by atoms with Gasteiger partial charge >= 0.3 is 5.97 Å². The number of nitrogens with one attached hydrogen (secondary N) is 2. The van der Waals surface area contributed by atoms with Crippen LogP contribution < -0.4 is 10.9 Å². The topological polar surface area (TPSA) is 105 Å². The Bertz CT molecular complexity index is 789. The monoisotopic (exact) mass is 342 g/mol. The Balaban J connectivity index is 1.90. The number of aryl methyl sites for hydroxylation is 1. The second kappa shape index (κ2) is 7.96. The summed E-state index contributed by atoms with van der Waals surface area (Å²) in [5.41, 5.74) is 5.52. The summed E-state index contributed by atoms with van der Waals surface area (Å²) >= 11 is 0. The van der Waals surface area contributed by atoms with Gasteiger partial charge in [0.05, 0.1) is 0 Å². The van der Waals surface area contributed by atoms with Crippen molar-refractivity contribution in [3.63, 3.8) is 0 Å². The lowest BCUT2D eigenvalue weighted by Crippen LogP contribution is -2.46. The van der Waals surface area contributed by atoms with Gasteiger partial charge in [0.1, 0.15) is 11.3 Å². The number of carbonyl (C=O) groups is 3. The quantitative estimate of drug-likeness (QED) is 0.579. The minimum absolute atomic E-state index is 0.0343. The number of phenolic OH excluding ortho intramolecular Hbond substituents is 1. The molecule has 0 saturated carbocycles. The van der Waals surface area contributed by atoms with Gasteiger partial charge in [0, 0.05) is 5.56 Å². The molecule has 0 aliphatic carbocycles. The van der Waals surface area contributed by atoms with Crippen LogP contribution in [0, 0.1) is 6.92 Å². The van der Waals surface area contributed by atoms with E-state index in [-0.39, 0.29) is 11.3 Å². The first-order valence-electron chi connectivity index (χ1n) is 7.54. The number of benzene rings is 2. The Morgan fingerprint density at radius 1 is 1.04 bits per heavy atom. The summed E-state index contributed by atoms with van der Waals surface area (Å²) in [7, 11) is 0. The molecule has 1 atom stereocenters. The molecule has 7 nitrogen and oxygen atoms in total. The van der Waals surface area contributed by atoms with Gasteiger partial charge in [-0.1, -0.05) is 29.8 Å². The van der Waals surface area contributed by atoms with E-state index in [1.165, 1.54) is 19.1 Å². The first-order valence-corrected chi connectivity index (χ1v) is 7.54. The molecular formula is C18H18N2O5. The zero-order valence-electron chi connectivity index (χ0n) is 13.8. The number of rotatable bonds is 4. The lowest BCUT2D eigenvalue weighted by atomic mass is 10.1. The van der Waals surface area contributed by atoms with Gasteiger partial charge in [-0.25, -0.2) is 4.79 Å². The van der Waals surface area contributed by atoms with Crippen LogP contribution in [0.3, 0.4) is 0 Å². The largest absolute Gasteiger partial charge is 0.507 e. The van der Waals surface area contributed by atoms with Crippen molar-refractivity contribution in [1.82, 2.24) is 10.9 Å². The summed E-state index contributed by atoms with van der Waals surface area (Å²) < 4.78 is 5.01. The summed E-state index contributed by atoms with van der Waals surface area (Å²) in [4.78, 5) is 35.8. The third-order valence-corrected chi connectivity index (χ3v) is 3.36. The van der Waals surface area contributed by atoms with Gasteiger partial charge in [-0.2, -0.15) is 0 Å².